The van der Waals surface area contributed by atoms with Crippen LogP contribution in [0.3, 0.4) is 0 Å². The predicted octanol–water partition coefficient (Wildman–Crippen LogP) is 2.12. The van der Waals surface area contributed by atoms with Gasteiger partial charge in [-0.25, -0.2) is 0 Å². The molecule has 2 aliphatic rings. The Kier molecular flexibility index (Phi) is 9.56. The van der Waals surface area contributed by atoms with Crippen molar-refractivity contribution in [2.45, 2.75) is 51.1 Å². The van der Waals surface area contributed by atoms with Gasteiger partial charge in [-0.15, -0.1) is 5.10 Å². The van der Waals surface area contributed by atoms with Crippen LogP contribution in [-0.2, 0) is 37.0 Å². The first kappa shape index (κ1) is 30.8. The Labute approximate surface area is 266 Å². The quantitative estimate of drug-likeness (QED) is 0.311. The lowest BCUT2D eigenvalue weighted by atomic mass is 10.0. The van der Waals surface area contributed by atoms with Crippen LogP contribution in [0.15, 0.2) is 54.7 Å². The number of aromatic nitrogens is 5. The Balaban J connectivity index is 1.27. The molecule has 3 N–H and O–H groups in total. The minimum absolute atomic E-state index is 0.179. The number of carbonyl (C=O) groups excluding carboxylic acids is 3. The average Bonchev–Trinajstić information content (AvgIpc) is 3.82. The molecule has 3 heterocycles. The zero-order chi connectivity index (χ0) is 31.9. The monoisotopic (exact) mass is 626 g/mol. The number of hydrogen-bond donors (Lipinski definition) is 3. The number of amides is 3. The summed E-state index contributed by atoms with van der Waals surface area (Å²) in [6.45, 7) is 1.64. The van der Waals surface area contributed by atoms with Gasteiger partial charge in [-0.3, -0.25) is 24.2 Å². The Morgan fingerprint density at radius 1 is 1.02 bits per heavy atom. The van der Waals surface area contributed by atoms with Crippen molar-refractivity contribution in [2.75, 3.05) is 33.4 Å². The molecule has 0 saturated heterocycles. The first-order valence-corrected chi connectivity index (χ1v) is 15.7. The fourth-order valence-electron chi connectivity index (χ4n) is 5.91. The molecule has 1 aliphatic heterocycles. The fraction of sp³-hybridized carbons (Fsp3) is 0.394. The lowest BCUT2D eigenvalue weighted by molar-refractivity contribution is -0.123. The van der Waals surface area contributed by atoms with Gasteiger partial charge in [0.05, 0.1) is 25.0 Å². The molecule has 0 unspecified atom stereocenters. The number of nitrogens with one attached hydrogen (secondary N) is 3. The highest BCUT2D eigenvalue weighted by atomic mass is 16.5. The number of aromatic amines is 1. The SMILES string of the molecule is COc1cccc2c1OCCCn1cc(nn1)CCN(C(=O)c1n[nH]c3c1CCC3)CCNC(=O)[C@H](Cc1ccccc1)NC2=O. The molecule has 2 aromatic carbocycles. The lowest BCUT2D eigenvalue weighted by Crippen LogP contribution is -2.50. The Morgan fingerprint density at radius 3 is 2.74 bits per heavy atom. The maximum absolute atomic E-state index is 13.8. The van der Waals surface area contributed by atoms with Gasteiger partial charge in [0.2, 0.25) is 5.91 Å². The highest BCUT2D eigenvalue weighted by molar-refractivity contribution is 6.00. The molecule has 0 radical (unpaired) electrons. The van der Waals surface area contributed by atoms with Crippen LogP contribution in [-0.4, -0.2) is 87.2 Å². The van der Waals surface area contributed by atoms with E-state index < -0.39 is 11.9 Å². The topological polar surface area (TPSA) is 156 Å². The summed E-state index contributed by atoms with van der Waals surface area (Å²) < 4.78 is 13.3. The molecule has 4 aromatic rings. The van der Waals surface area contributed by atoms with Crippen LogP contribution >= 0.6 is 0 Å². The smallest absolute Gasteiger partial charge is 0.274 e. The second-order valence-electron chi connectivity index (χ2n) is 11.4. The van der Waals surface area contributed by atoms with Crippen molar-refractivity contribution in [3.8, 4) is 11.5 Å². The van der Waals surface area contributed by atoms with E-state index in [2.05, 4.69) is 31.1 Å². The molecular weight excluding hydrogens is 588 g/mol. The number of H-pyrrole nitrogens is 1. The van der Waals surface area contributed by atoms with Gasteiger partial charge in [-0.05, 0) is 37.0 Å². The van der Waals surface area contributed by atoms with Crippen LogP contribution in [0.2, 0.25) is 0 Å². The van der Waals surface area contributed by atoms with Crippen molar-refractivity contribution in [1.29, 1.82) is 0 Å². The number of rotatable bonds is 4. The molecule has 0 saturated carbocycles. The molecule has 46 heavy (non-hydrogen) atoms. The molecule has 13 nitrogen and oxygen atoms in total. The molecule has 1 aliphatic carbocycles. The average molecular weight is 627 g/mol. The van der Waals surface area contributed by atoms with E-state index in [4.69, 9.17) is 9.47 Å². The number of carbonyl (C=O) groups is 3. The highest BCUT2D eigenvalue weighted by Crippen LogP contribution is 2.31. The van der Waals surface area contributed by atoms with E-state index in [1.165, 1.54) is 7.11 Å². The van der Waals surface area contributed by atoms with Gasteiger partial charge in [0.25, 0.3) is 11.8 Å². The Morgan fingerprint density at radius 2 is 1.89 bits per heavy atom. The number of nitrogens with zero attached hydrogens (tertiary/aromatic N) is 5. The lowest BCUT2D eigenvalue weighted by Gasteiger charge is -2.24. The second kappa shape index (κ2) is 14.3. The summed E-state index contributed by atoms with van der Waals surface area (Å²) in [5.74, 6) is -0.302. The van der Waals surface area contributed by atoms with Gasteiger partial charge in [-0.1, -0.05) is 41.6 Å². The van der Waals surface area contributed by atoms with Crippen molar-refractivity contribution in [1.82, 2.24) is 40.7 Å². The first-order valence-electron chi connectivity index (χ1n) is 15.7. The molecule has 6 rings (SSSR count). The minimum Gasteiger partial charge on any atom is -0.493 e. The molecule has 2 bridgehead atoms. The maximum Gasteiger partial charge on any atom is 0.274 e. The summed E-state index contributed by atoms with van der Waals surface area (Å²) in [5, 5.41) is 21.8. The van der Waals surface area contributed by atoms with Crippen molar-refractivity contribution in [2.24, 2.45) is 0 Å². The van der Waals surface area contributed by atoms with E-state index in [-0.39, 0.29) is 36.9 Å². The van der Waals surface area contributed by atoms with Gasteiger partial charge in [0.15, 0.2) is 17.2 Å². The van der Waals surface area contributed by atoms with E-state index in [0.29, 0.717) is 49.7 Å². The van der Waals surface area contributed by atoms with Crippen molar-refractivity contribution < 1.29 is 23.9 Å². The van der Waals surface area contributed by atoms with Crippen LogP contribution < -0.4 is 20.1 Å². The van der Waals surface area contributed by atoms with Crippen molar-refractivity contribution in [3.05, 3.63) is 88.5 Å². The molecule has 3 amide bonds. The van der Waals surface area contributed by atoms with E-state index in [1.807, 2.05) is 36.5 Å². The summed E-state index contributed by atoms with van der Waals surface area (Å²) in [4.78, 5) is 42.8. The summed E-state index contributed by atoms with van der Waals surface area (Å²) in [5.41, 5.74) is 4.32. The van der Waals surface area contributed by atoms with Gasteiger partial charge in [0, 0.05) is 62.9 Å². The number of benzene rings is 2. The van der Waals surface area contributed by atoms with Gasteiger partial charge in [-0.2, -0.15) is 5.10 Å². The van der Waals surface area contributed by atoms with E-state index in [0.717, 1.165) is 41.8 Å². The standard InChI is InChI=1S/C33H38N8O5/c1-45-28-13-6-11-25-30(28)46-19-7-16-41-21-23(36-39-41)14-17-40(33(44)29-24-10-5-12-26(24)37-38-29)18-15-34-32(43)27(35-31(25)42)20-22-8-3-2-4-9-22/h2-4,6,8-9,11,13,21,27H,5,7,10,12,14-20H2,1H3,(H,34,43)(H,35,42)(H,37,38)/t27-/m0/s1. The minimum atomic E-state index is -0.885. The number of para-hydroxylation sites is 1. The zero-order valence-electron chi connectivity index (χ0n) is 25.8. The van der Waals surface area contributed by atoms with E-state index >= 15 is 0 Å². The molecule has 1 atom stereocenters. The Bertz CT molecular complexity index is 1680. The van der Waals surface area contributed by atoms with Crippen LogP contribution in [0.25, 0.3) is 0 Å². The normalized spacial score (nSPS) is 17.8. The Hall–Kier alpha value is -5.20. The third-order valence-electron chi connectivity index (χ3n) is 8.33. The van der Waals surface area contributed by atoms with Crippen LogP contribution in [0, 0.1) is 0 Å². The largest absolute Gasteiger partial charge is 0.493 e. The summed E-state index contributed by atoms with van der Waals surface area (Å²) in [6.07, 6.45) is 5.89. The van der Waals surface area contributed by atoms with Crippen LogP contribution in [0.5, 0.6) is 11.5 Å². The van der Waals surface area contributed by atoms with Crippen LogP contribution in [0.1, 0.15) is 56.2 Å². The third-order valence-corrected chi connectivity index (χ3v) is 8.33. The molecule has 240 valence electrons. The fourth-order valence-corrected chi connectivity index (χ4v) is 5.91. The third kappa shape index (κ3) is 7.03. The molecule has 13 heteroatoms. The molecule has 0 spiro atoms. The first-order chi connectivity index (χ1) is 22.5. The van der Waals surface area contributed by atoms with E-state index in [1.54, 1.807) is 27.8 Å². The van der Waals surface area contributed by atoms with Crippen LogP contribution in [0.4, 0.5) is 0 Å². The highest BCUT2D eigenvalue weighted by Gasteiger charge is 2.28. The number of aryl methyl sites for hydroxylation is 2. The molecule has 2 aromatic heterocycles. The zero-order valence-corrected chi connectivity index (χ0v) is 25.8. The van der Waals surface area contributed by atoms with E-state index in [9.17, 15) is 14.4 Å². The maximum atomic E-state index is 13.8. The number of methoxy groups -OCH3 is 1. The van der Waals surface area contributed by atoms with Gasteiger partial charge < -0.3 is 25.0 Å². The van der Waals surface area contributed by atoms with Crippen molar-refractivity contribution in [3.63, 3.8) is 0 Å². The number of hydrogen-bond acceptors (Lipinski definition) is 8. The number of fused-ring (bicyclic) bond motifs is 4. The second-order valence-corrected chi connectivity index (χ2v) is 11.4. The summed E-state index contributed by atoms with van der Waals surface area (Å²) >= 11 is 0. The number of ether oxygens (including phenoxy) is 2. The van der Waals surface area contributed by atoms with Gasteiger partial charge >= 0.3 is 0 Å². The molecule has 0 fully saturated rings. The van der Waals surface area contributed by atoms with Crippen molar-refractivity contribution >= 4 is 17.7 Å². The summed E-state index contributed by atoms with van der Waals surface area (Å²) in [6, 6.07) is 13.7. The summed E-state index contributed by atoms with van der Waals surface area (Å²) in [7, 11) is 1.52. The predicted molar refractivity (Wildman–Crippen MR) is 168 cm³/mol. The van der Waals surface area contributed by atoms with Gasteiger partial charge in [0.1, 0.15) is 6.04 Å². The molecular formula is C33H38N8O5.